The van der Waals surface area contributed by atoms with Crippen LogP contribution in [0.5, 0.6) is 11.5 Å². The molecule has 1 fully saturated rings. The van der Waals surface area contributed by atoms with Gasteiger partial charge in [-0.25, -0.2) is 0 Å². The van der Waals surface area contributed by atoms with Crippen molar-refractivity contribution in [2.45, 2.75) is 31.9 Å². The standard InChI is InChI=1S/C25H26ClF2N5O3/c1-33-11-3-4-14(33)13-35-19-12-29-9-7-15(19)21-22(20-17(31-21)8-10-30-24(20)34)32-18-6-2-5-16(26)23(18)36-25(27)28/h2,5-7,9,12,14,25,31-32H,3-4,8,10-11,13H2,1H3,(H,30,34)/t14-/m0/s1. The fraction of sp³-hybridized carbons (Fsp3) is 0.360. The summed E-state index contributed by atoms with van der Waals surface area (Å²) < 4.78 is 37.2. The van der Waals surface area contributed by atoms with Gasteiger partial charge in [0.25, 0.3) is 5.91 Å². The first-order valence-electron chi connectivity index (χ1n) is 11.7. The molecular formula is C25H26ClF2N5O3. The van der Waals surface area contributed by atoms with Crippen LogP contribution < -0.4 is 20.1 Å². The average molecular weight is 518 g/mol. The minimum absolute atomic E-state index is 0.0179. The van der Waals surface area contributed by atoms with Gasteiger partial charge in [0.2, 0.25) is 0 Å². The van der Waals surface area contributed by atoms with Gasteiger partial charge < -0.3 is 30.0 Å². The van der Waals surface area contributed by atoms with Crippen molar-refractivity contribution in [2.75, 3.05) is 32.1 Å². The third kappa shape index (κ3) is 4.83. The van der Waals surface area contributed by atoms with Gasteiger partial charge in [0.05, 0.1) is 33.9 Å². The highest BCUT2D eigenvalue weighted by Crippen LogP contribution is 2.43. The monoisotopic (exact) mass is 517 g/mol. The van der Waals surface area contributed by atoms with Crippen LogP contribution in [0.25, 0.3) is 11.3 Å². The van der Waals surface area contributed by atoms with E-state index in [1.54, 1.807) is 30.6 Å². The van der Waals surface area contributed by atoms with E-state index in [2.05, 4.69) is 32.5 Å². The highest BCUT2D eigenvalue weighted by molar-refractivity contribution is 6.32. The molecule has 2 aliphatic rings. The van der Waals surface area contributed by atoms with Crippen LogP contribution in [-0.2, 0) is 6.42 Å². The molecule has 1 saturated heterocycles. The Morgan fingerprint density at radius 3 is 2.97 bits per heavy atom. The van der Waals surface area contributed by atoms with E-state index in [4.69, 9.17) is 21.1 Å². The van der Waals surface area contributed by atoms with Crippen molar-refractivity contribution in [3.63, 3.8) is 0 Å². The number of hydrogen-bond acceptors (Lipinski definition) is 6. The number of carbonyl (C=O) groups is 1. The number of benzene rings is 1. The van der Waals surface area contributed by atoms with Crippen molar-refractivity contribution in [1.82, 2.24) is 20.2 Å². The summed E-state index contributed by atoms with van der Waals surface area (Å²) >= 11 is 6.17. The van der Waals surface area contributed by atoms with E-state index in [9.17, 15) is 13.6 Å². The van der Waals surface area contributed by atoms with Gasteiger partial charge >= 0.3 is 6.61 Å². The molecule has 8 nitrogen and oxygen atoms in total. The molecule has 3 aromatic rings. The van der Waals surface area contributed by atoms with E-state index < -0.39 is 6.61 Å². The number of para-hydroxylation sites is 1. The molecule has 0 spiro atoms. The Kier molecular flexibility index (Phi) is 6.97. The van der Waals surface area contributed by atoms with Gasteiger partial charge in [0, 0.05) is 36.5 Å². The lowest BCUT2D eigenvalue weighted by Gasteiger charge is -2.21. The highest BCUT2D eigenvalue weighted by Gasteiger charge is 2.29. The van der Waals surface area contributed by atoms with Crippen molar-refractivity contribution < 1.29 is 23.0 Å². The van der Waals surface area contributed by atoms with E-state index in [1.165, 1.54) is 6.07 Å². The Bertz CT molecular complexity index is 1270. The molecule has 0 radical (unpaired) electrons. The summed E-state index contributed by atoms with van der Waals surface area (Å²) in [5, 5.41) is 6.00. The number of halogens is 3. The molecule has 1 aromatic carbocycles. The Hall–Kier alpha value is -3.37. The number of anilines is 2. The van der Waals surface area contributed by atoms with Crippen LogP contribution in [0.2, 0.25) is 5.02 Å². The molecule has 2 aromatic heterocycles. The third-order valence-electron chi connectivity index (χ3n) is 6.56. The number of rotatable bonds is 8. The largest absolute Gasteiger partial charge is 0.490 e. The summed E-state index contributed by atoms with van der Waals surface area (Å²) in [5.41, 5.74) is 3.02. The maximum atomic E-state index is 13.1. The zero-order chi connectivity index (χ0) is 25.2. The first-order chi connectivity index (χ1) is 17.4. The molecule has 11 heteroatoms. The van der Waals surface area contributed by atoms with Crippen LogP contribution in [0.1, 0.15) is 28.9 Å². The summed E-state index contributed by atoms with van der Waals surface area (Å²) in [6.45, 7) is -1.05. The van der Waals surface area contributed by atoms with Crippen LogP contribution in [0.3, 0.4) is 0 Å². The molecule has 0 aliphatic carbocycles. The van der Waals surface area contributed by atoms with Gasteiger partial charge in [0.15, 0.2) is 5.75 Å². The average Bonchev–Trinajstić information content (AvgIpc) is 3.43. The lowest BCUT2D eigenvalue weighted by Crippen LogP contribution is -2.31. The van der Waals surface area contributed by atoms with E-state index in [0.29, 0.717) is 53.9 Å². The second-order valence-corrected chi connectivity index (χ2v) is 9.22. The number of carbonyl (C=O) groups excluding carboxylic acids is 1. The number of hydrogen-bond donors (Lipinski definition) is 3. The first kappa shape index (κ1) is 24.3. The summed E-state index contributed by atoms with van der Waals surface area (Å²) in [7, 11) is 2.08. The lowest BCUT2D eigenvalue weighted by molar-refractivity contribution is -0.0492. The summed E-state index contributed by atoms with van der Waals surface area (Å²) in [5.74, 6) is 0.0699. The van der Waals surface area contributed by atoms with Crippen molar-refractivity contribution in [1.29, 1.82) is 0 Å². The first-order valence-corrected chi connectivity index (χ1v) is 12.1. The van der Waals surface area contributed by atoms with Gasteiger partial charge in [-0.3, -0.25) is 9.78 Å². The minimum Gasteiger partial charge on any atom is -0.490 e. The van der Waals surface area contributed by atoms with E-state index in [1.807, 2.05) is 0 Å². The van der Waals surface area contributed by atoms with E-state index >= 15 is 0 Å². The SMILES string of the molecule is CN1CCC[C@H]1COc1cnccc1-c1[nH]c2c(c1Nc1cccc(Cl)c1OC(F)F)C(=O)NCC2. The molecule has 2 aliphatic heterocycles. The number of likely N-dealkylation sites (tertiary alicyclic amines) is 1. The van der Waals surface area contributed by atoms with Crippen LogP contribution in [0, 0.1) is 0 Å². The lowest BCUT2D eigenvalue weighted by atomic mass is 10.0. The van der Waals surface area contributed by atoms with Gasteiger partial charge in [-0.05, 0) is 44.6 Å². The number of aromatic nitrogens is 2. The summed E-state index contributed by atoms with van der Waals surface area (Å²) in [6.07, 6.45) is 6.04. The molecule has 0 unspecified atom stereocenters. The van der Waals surface area contributed by atoms with Crippen molar-refractivity contribution in [3.8, 4) is 22.8 Å². The minimum atomic E-state index is -3.07. The predicted octanol–water partition coefficient (Wildman–Crippen LogP) is 4.83. The van der Waals surface area contributed by atoms with Crippen molar-refractivity contribution in [2.24, 2.45) is 0 Å². The summed E-state index contributed by atoms with van der Waals surface area (Å²) in [4.78, 5) is 22.8. The Morgan fingerprint density at radius 2 is 2.19 bits per heavy atom. The zero-order valence-electron chi connectivity index (χ0n) is 19.6. The normalized spacial score (nSPS) is 17.7. The number of H-pyrrole nitrogens is 1. The van der Waals surface area contributed by atoms with Crippen LogP contribution in [0.4, 0.5) is 20.2 Å². The maximum absolute atomic E-state index is 13.1. The van der Waals surface area contributed by atoms with Crippen LogP contribution in [0.15, 0.2) is 36.7 Å². The number of likely N-dealkylation sites (N-methyl/N-ethyl adjacent to an activating group) is 1. The molecule has 1 amide bonds. The number of nitrogens with zero attached hydrogens (tertiary/aromatic N) is 2. The van der Waals surface area contributed by atoms with Gasteiger partial charge in [-0.15, -0.1) is 0 Å². The molecule has 3 N–H and O–H groups in total. The van der Waals surface area contributed by atoms with E-state index in [0.717, 1.165) is 25.1 Å². The molecule has 4 heterocycles. The fourth-order valence-electron chi connectivity index (χ4n) is 4.73. The quantitative estimate of drug-likeness (QED) is 0.396. The molecule has 0 saturated carbocycles. The smallest absolute Gasteiger partial charge is 0.387 e. The van der Waals surface area contributed by atoms with Crippen LogP contribution >= 0.6 is 11.6 Å². The number of fused-ring (bicyclic) bond motifs is 1. The number of aromatic amines is 1. The molecule has 1 atom stereocenters. The molecular weight excluding hydrogens is 492 g/mol. The fourth-order valence-corrected chi connectivity index (χ4v) is 4.95. The second kappa shape index (κ2) is 10.3. The number of ether oxygens (including phenoxy) is 2. The topological polar surface area (TPSA) is 91.5 Å². The van der Waals surface area contributed by atoms with Gasteiger partial charge in [-0.2, -0.15) is 8.78 Å². The van der Waals surface area contributed by atoms with Crippen molar-refractivity contribution in [3.05, 3.63) is 52.9 Å². The summed E-state index contributed by atoms with van der Waals surface area (Å²) in [6, 6.07) is 6.73. The van der Waals surface area contributed by atoms with Crippen molar-refractivity contribution >= 4 is 28.9 Å². The number of alkyl halides is 2. The number of amides is 1. The predicted molar refractivity (Wildman–Crippen MR) is 133 cm³/mol. The molecule has 0 bridgehead atoms. The van der Waals surface area contributed by atoms with Gasteiger partial charge in [0.1, 0.15) is 12.4 Å². The second-order valence-electron chi connectivity index (χ2n) is 8.81. The van der Waals surface area contributed by atoms with Gasteiger partial charge in [-0.1, -0.05) is 17.7 Å². The third-order valence-corrected chi connectivity index (χ3v) is 6.85. The van der Waals surface area contributed by atoms with Crippen LogP contribution in [-0.4, -0.2) is 60.2 Å². The van der Waals surface area contributed by atoms with E-state index in [-0.39, 0.29) is 22.4 Å². The Labute approximate surface area is 211 Å². The zero-order valence-corrected chi connectivity index (χ0v) is 20.4. The number of nitrogens with one attached hydrogen (secondary N) is 3. The number of pyridine rings is 1. The molecule has 190 valence electrons. The molecule has 36 heavy (non-hydrogen) atoms. The Balaban J connectivity index is 1.56. The molecule has 5 rings (SSSR count). The maximum Gasteiger partial charge on any atom is 0.387 e. The Morgan fingerprint density at radius 1 is 1.33 bits per heavy atom. The highest BCUT2D eigenvalue weighted by atomic mass is 35.5.